The Bertz CT molecular complexity index is 2890. The van der Waals surface area contributed by atoms with E-state index in [1.807, 2.05) is 0 Å². The molecular weight excluding hydrogens is 1180 g/mol. The zero-order chi connectivity index (χ0) is 62.0. The van der Waals surface area contributed by atoms with E-state index in [1.165, 1.54) is 31.0 Å². The first-order valence-electron chi connectivity index (χ1n) is 26.8. The number of alkyl halides is 9. The molecular formula is C53H73F9N4O14S3. The first-order chi connectivity index (χ1) is 38.7. The molecule has 0 radical (unpaired) electrons. The number of carboxylic acid groups (broad SMARTS) is 1. The fourth-order valence-corrected chi connectivity index (χ4v) is 15.2. The highest BCUT2D eigenvalue weighted by Crippen LogP contribution is 2.40. The highest BCUT2D eigenvalue weighted by atomic mass is 32.2. The van der Waals surface area contributed by atoms with Crippen LogP contribution < -0.4 is 5.32 Å². The number of aliphatic hydroxyl groups excluding tert-OH is 2. The van der Waals surface area contributed by atoms with Crippen LogP contribution in [0.25, 0.3) is 0 Å². The monoisotopic (exact) mass is 1260 g/mol. The lowest BCUT2D eigenvalue weighted by molar-refractivity contribution is -0.160. The molecule has 83 heavy (non-hydrogen) atoms. The number of halogens is 9. The predicted octanol–water partition coefficient (Wildman–Crippen LogP) is 8.32. The van der Waals surface area contributed by atoms with E-state index in [2.05, 4.69) is 5.32 Å². The number of nitrogens with zero attached hydrogens (tertiary/aromatic N) is 3. The van der Waals surface area contributed by atoms with Crippen LogP contribution >= 0.6 is 0 Å². The molecule has 3 aromatic rings. The highest BCUT2D eigenvalue weighted by Gasteiger charge is 2.44. The summed E-state index contributed by atoms with van der Waals surface area (Å²) in [6.07, 6.45) is -5.57. The van der Waals surface area contributed by atoms with Crippen molar-refractivity contribution >= 4 is 42.0 Å². The van der Waals surface area contributed by atoms with Crippen molar-refractivity contribution in [3.05, 3.63) is 89.5 Å². The molecule has 4 atom stereocenters. The second-order valence-corrected chi connectivity index (χ2v) is 26.4. The molecule has 470 valence electrons. The first kappa shape index (κ1) is 71.0. The topological polar surface area (TPSA) is 247 Å². The van der Waals surface area contributed by atoms with Crippen molar-refractivity contribution in [3.8, 4) is 0 Å². The molecule has 0 aliphatic carbocycles. The molecule has 4 aliphatic heterocycles. The number of carbonyl (C=O) groups excluding carboxylic acids is 1. The summed E-state index contributed by atoms with van der Waals surface area (Å²) in [6, 6.07) is 10.7. The number of hydrogen-bond donors (Lipinski definition) is 4. The molecule has 4 heterocycles. The number of benzene rings is 3. The largest absolute Gasteiger partial charge is 0.480 e. The Morgan fingerprint density at radius 3 is 1.18 bits per heavy atom. The van der Waals surface area contributed by atoms with Gasteiger partial charge in [-0.2, -0.15) is 52.4 Å². The van der Waals surface area contributed by atoms with E-state index in [9.17, 15) is 79.5 Å². The number of sulfonamides is 3. The van der Waals surface area contributed by atoms with Crippen LogP contribution in [-0.2, 0) is 72.4 Å². The number of ether oxygens (including phenoxy) is 3. The van der Waals surface area contributed by atoms with Crippen LogP contribution in [0, 0.1) is 0 Å². The van der Waals surface area contributed by atoms with Crippen molar-refractivity contribution in [1.29, 1.82) is 0 Å². The van der Waals surface area contributed by atoms with Crippen LogP contribution in [0.2, 0.25) is 0 Å². The summed E-state index contributed by atoms with van der Waals surface area (Å²) >= 11 is 0. The second-order valence-electron chi connectivity index (χ2n) is 20.8. The van der Waals surface area contributed by atoms with Crippen molar-refractivity contribution in [3.63, 3.8) is 0 Å². The Morgan fingerprint density at radius 2 is 0.867 bits per heavy atom. The molecule has 4 saturated heterocycles. The number of nitrogens with one attached hydrogen (secondary N) is 1. The summed E-state index contributed by atoms with van der Waals surface area (Å²) in [6.45, 7) is 5.16. The average Bonchev–Trinajstić information content (AvgIpc) is 3.56. The van der Waals surface area contributed by atoms with Crippen LogP contribution in [-0.4, -0.2) is 161 Å². The molecule has 7 rings (SSSR count). The summed E-state index contributed by atoms with van der Waals surface area (Å²) < 4.78 is 214. The summed E-state index contributed by atoms with van der Waals surface area (Å²) in [5.41, 5.74) is -4.26. The van der Waals surface area contributed by atoms with Crippen LogP contribution in [0.1, 0.15) is 115 Å². The minimum absolute atomic E-state index is 0.0651. The van der Waals surface area contributed by atoms with E-state index in [0.717, 1.165) is 86.9 Å². The minimum atomic E-state index is -4.80. The number of aliphatic carboxylic acids is 1. The van der Waals surface area contributed by atoms with Crippen LogP contribution in [0.3, 0.4) is 0 Å². The van der Waals surface area contributed by atoms with Gasteiger partial charge >= 0.3 is 30.5 Å². The SMILES string of the molecule is CC(C)(C)OC(=O)COC[C@@H]1CCCCN1S(=O)(=O)c1ccccc1C(F)(F)F.O=C(O)COC[C@@H]1CCCCN1S(=O)(=O)c1ccccc1C(F)(F)F.O=S(=O)(c1ccccc1C(F)(F)F)N1CCCC[C@H]1CO.OC[C@@H]1CCCCN1. The number of carbonyl (C=O) groups is 2. The Balaban J connectivity index is 0.000000252. The summed E-state index contributed by atoms with van der Waals surface area (Å²) in [7, 11) is -13.1. The third-order valence-electron chi connectivity index (χ3n) is 13.4. The van der Waals surface area contributed by atoms with Gasteiger partial charge in [-0.25, -0.2) is 34.8 Å². The van der Waals surface area contributed by atoms with Gasteiger partial charge in [-0.1, -0.05) is 62.1 Å². The fraction of sp³-hybridized carbons (Fsp3) is 0.623. The average molecular weight is 1260 g/mol. The third-order valence-corrected chi connectivity index (χ3v) is 19.4. The van der Waals surface area contributed by atoms with Gasteiger partial charge < -0.3 is 34.8 Å². The second kappa shape index (κ2) is 31.2. The summed E-state index contributed by atoms with van der Waals surface area (Å²) in [5, 5.41) is 29.7. The molecule has 0 amide bonds. The fourth-order valence-electron chi connectivity index (χ4n) is 9.55. The van der Waals surface area contributed by atoms with Crippen LogP contribution in [0.5, 0.6) is 0 Å². The Labute approximate surface area is 478 Å². The third kappa shape index (κ3) is 21.2. The van der Waals surface area contributed by atoms with E-state index >= 15 is 0 Å². The highest BCUT2D eigenvalue weighted by molar-refractivity contribution is 7.89. The molecule has 18 nitrogen and oxygen atoms in total. The van der Waals surface area contributed by atoms with Crippen molar-refractivity contribution in [2.45, 2.75) is 161 Å². The number of aliphatic hydroxyl groups is 2. The summed E-state index contributed by atoms with van der Waals surface area (Å²) in [5.74, 6) is -1.79. The smallest absolute Gasteiger partial charge is 0.417 e. The molecule has 0 unspecified atom stereocenters. The van der Waals surface area contributed by atoms with Crippen molar-refractivity contribution < 1.29 is 104 Å². The Morgan fingerprint density at radius 1 is 0.518 bits per heavy atom. The maximum Gasteiger partial charge on any atom is 0.417 e. The lowest BCUT2D eigenvalue weighted by Crippen LogP contribution is -2.46. The molecule has 0 saturated carbocycles. The zero-order valence-corrected chi connectivity index (χ0v) is 48.5. The number of piperidine rings is 4. The van der Waals surface area contributed by atoms with E-state index < -0.39 is 129 Å². The number of esters is 1. The van der Waals surface area contributed by atoms with E-state index in [-0.39, 0.29) is 39.5 Å². The summed E-state index contributed by atoms with van der Waals surface area (Å²) in [4.78, 5) is 19.9. The number of hydrogen-bond acceptors (Lipinski definition) is 14. The van der Waals surface area contributed by atoms with Crippen molar-refractivity contribution in [2.24, 2.45) is 0 Å². The van der Waals surface area contributed by atoms with Crippen molar-refractivity contribution in [2.75, 3.05) is 65.8 Å². The lowest BCUT2D eigenvalue weighted by Gasteiger charge is -2.35. The number of carboxylic acids is 1. The normalized spacial score (nSPS) is 21.0. The van der Waals surface area contributed by atoms with Gasteiger partial charge in [-0.15, -0.1) is 0 Å². The van der Waals surface area contributed by atoms with Gasteiger partial charge in [0.15, 0.2) is 0 Å². The molecule has 4 N–H and O–H groups in total. The van der Waals surface area contributed by atoms with E-state index in [0.29, 0.717) is 64.0 Å². The number of rotatable bonds is 16. The van der Waals surface area contributed by atoms with Gasteiger partial charge in [0.05, 0.1) is 57.8 Å². The molecule has 4 aliphatic rings. The van der Waals surface area contributed by atoms with Gasteiger partial charge in [-0.05, 0) is 115 Å². The van der Waals surface area contributed by atoms with Crippen LogP contribution in [0.4, 0.5) is 39.5 Å². The molecule has 4 fully saturated rings. The van der Waals surface area contributed by atoms with Gasteiger partial charge in [0.25, 0.3) is 0 Å². The maximum atomic E-state index is 13.3. The van der Waals surface area contributed by atoms with Crippen molar-refractivity contribution in [1.82, 2.24) is 18.2 Å². The Kier molecular flexibility index (Phi) is 26.7. The molecule has 30 heteroatoms. The molecule has 0 bridgehead atoms. The molecule has 3 aromatic carbocycles. The van der Waals surface area contributed by atoms with E-state index in [1.54, 1.807) is 20.8 Å². The zero-order valence-electron chi connectivity index (χ0n) is 46.1. The Hall–Kier alpha value is -4.50. The minimum Gasteiger partial charge on any atom is -0.480 e. The quantitative estimate of drug-likeness (QED) is 0.0778. The molecule has 0 aromatic heterocycles. The first-order valence-corrected chi connectivity index (χ1v) is 31.1. The van der Waals surface area contributed by atoms with Gasteiger partial charge in [-0.3, -0.25) is 0 Å². The maximum absolute atomic E-state index is 13.3. The molecule has 0 spiro atoms. The van der Waals surface area contributed by atoms with Gasteiger partial charge in [0.2, 0.25) is 30.1 Å². The van der Waals surface area contributed by atoms with E-state index in [4.69, 9.17) is 24.4 Å². The van der Waals surface area contributed by atoms with Crippen LogP contribution in [0.15, 0.2) is 87.5 Å². The lowest BCUT2D eigenvalue weighted by atomic mass is 10.1. The predicted molar refractivity (Wildman–Crippen MR) is 284 cm³/mol. The van der Waals surface area contributed by atoms with Gasteiger partial charge in [0.1, 0.15) is 18.8 Å². The van der Waals surface area contributed by atoms with Gasteiger partial charge in [0, 0.05) is 43.8 Å². The standard InChI is InChI=1S/C19H26F3NO5S.C15H18F3NO5S.C13H16F3NO3S.C6H13NO/c1-18(2,3)28-17(24)13-27-12-14-8-6-7-11-23(14)29(25,26)16-10-5-4-9-15(16)19(20,21)22;16-15(17,18)12-6-1-2-7-13(12)25(22,23)19-8-4-3-5-11(19)9-24-10-14(20)21;14-13(15,16)11-6-1-2-7-12(11)21(19,20)17-8-4-3-5-10(17)9-18;8-5-6-3-1-2-4-7-6/h4-5,9-10,14H,6-8,11-13H2,1-3H3;1-2,6-7,11H,3-5,8-10H2,(H,20,21);1-2,6-7,10,18H,3-5,8-9H2;6-8H,1-5H2/t14-;11-;10-;6-/m0000/s1.